The van der Waals surface area contributed by atoms with Crippen molar-refractivity contribution in [3.8, 4) is 0 Å². The number of halogens is 1. The van der Waals surface area contributed by atoms with Crippen LogP contribution in [0.5, 0.6) is 0 Å². The zero-order chi connectivity index (χ0) is 11.4. The van der Waals surface area contributed by atoms with E-state index in [1.165, 1.54) is 6.07 Å². The van der Waals surface area contributed by atoms with Gasteiger partial charge in [-0.15, -0.1) is 0 Å². The number of hydrogen-bond donors (Lipinski definition) is 0. The van der Waals surface area contributed by atoms with Crippen molar-refractivity contribution in [2.45, 2.75) is 6.92 Å². The zero-order valence-corrected chi connectivity index (χ0v) is 9.42. The van der Waals surface area contributed by atoms with E-state index in [9.17, 15) is 4.39 Å². The van der Waals surface area contributed by atoms with E-state index in [1.807, 2.05) is 31.3 Å². The molecule has 0 aliphatic carbocycles. The molecule has 0 N–H and O–H groups in total. The molecular weight excluding hydrogens is 189 g/mol. The van der Waals surface area contributed by atoms with Gasteiger partial charge in [0.15, 0.2) is 0 Å². The molecule has 0 saturated heterocycles. The first kappa shape index (κ1) is 11.5. The van der Waals surface area contributed by atoms with E-state index in [4.69, 9.17) is 0 Å². The standard InChI is InChI=1S/C13H16FN/c1-5-11(9-15(3)4)12-7-6-10(2)13(14)8-12/h5-9H,1H2,2-4H3/b11-9+. The Labute approximate surface area is 90.5 Å². The van der Waals surface area contributed by atoms with Crippen molar-refractivity contribution in [1.29, 1.82) is 0 Å². The average molecular weight is 205 g/mol. The molecule has 0 radical (unpaired) electrons. The average Bonchev–Trinajstić information content (AvgIpc) is 2.18. The van der Waals surface area contributed by atoms with Gasteiger partial charge in [-0.3, -0.25) is 0 Å². The van der Waals surface area contributed by atoms with Gasteiger partial charge in [-0.25, -0.2) is 4.39 Å². The molecule has 15 heavy (non-hydrogen) atoms. The van der Waals surface area contributed by atoms with Gasteiger partial charge in [0.05, 0.1) is 0 Å². The number of benzene rings is 1. The summed E-state index contributed by atoms with van der Waals surface area (Å²) in [4.78, 5) is 1.91. The van der Waals surface area contributed by atoms with E-state index in [2.05, 4.69) is 6.58 Å². The molecule has 0 atom stereocenters. The molecule has 1 rings (SSSR count). The third kappa shape index (κ3) is 2.94. The monoisotopic (exact) mass is 205 g/mol. The second kappa shape index (κ2) is 4.78. The number of allylic oxidation sites excluding steroid dienone is 2. The Morgan fingerprint density at radius 1 is 1.40 bits per heavy atom. The molecule has 0 unspecified atom stereocenters. The summed E-state index contributed by atoms with van der Waals surface area (Å²) in [5.74, 6) is -0.181. The molecule has 0 aliphatic heterocycles. The number of nitrogens with zero attached hydrogens (tertiary/aromatic N) is 1. The van der Waals surface area contributed by atoms with Crippen LogP contribution in [0.4, 0.5) is 4.39 Å². The number of rotatable bonds is 3. The minimum absolute atomic E-state index is 0.181. The highest BCUT2D eigenvalue weighted by molar-refractivity contribution is 5.73. The lowest BCUT2D eigenvalue weighted by Gasteiger charge is -2.09. The second-order valence-electron chi connectivity index (χ2n) is 3.72. The molecule has 0 spiro atoms. The van der Waals surface area contributed by atoms with E-state index >= 15 is 0 Å². The van der Waals surface area contributed by atoms with Crippen molar-refractivity contribution >= 4 is 5.57 Å². The lowest BCUT2D eigenvalue weighted by atomic mass is 10.0. The summed E-state index contributed by atoms with van der Waals surface area (Å²) in [6.07, 6.45) is 3.64. The van der Waals surface area contributed by atoms with Gasteiger partial charge in [0, 0.05) is 20.3 Å². The van der Waals surface area contributed by atoms with E-state index in [0.29, 0.717) is 5.56 Å². The van der Waals surface area contributed by atoms with E-state index in [-0.39, 0.29) is 5.82 Å². The van der Waals surface area contributed by atoms with Crippen LogP contribution in [0, 0.1) is 12.7 Å². The topological polar surface area (TPSA) is 3.24 Å². The summed E-state index contributed by atoms with van der Waals surface area (Å²) < 4.78 is 13.3. The molecule has 0 saturated carbocycles. The molecule has 0 bridgehead atoms. The first-order chi connectivity index (χ1) is 7.04. The largest absolute Gasteiger partial charge is 0.383 e. The van der Waals surface area contributed by atoms with Gasteiger partial charge >= 0.3 is 0 Å². The van der Waals surface area contributed by atoms with Crippen molar-refractivity contribution in [3.63, 3.8) is 0 Å². The summed E-state index contributed by atoms with van der Waals surface area (Å²) in [5.41, 5.74) is 2.42. The molecule has 0 fully saturated rings. The van der Waals surface area contributed by atoms with E-state index < -0.39 is 0 Å². The van der Waals surface area contributed by atoms with Gasteiger partial charge in [0.2, 0.25) is 0 Å². The quantitative estimate of drug-likeness (QED) is 0.685. The van der Waals surface area contributed by atoms with Crippen LogP contribution in [-0.4, -0.2) is 19.0 Å². The molecule has 80 valence electrons. The van der Waals surface area contributed by atoms with Crippen molar-refractivity contribution in [2.24, 2.45) is 0 Å². The molecule has 1 aromatic carbocycles. The zero-order valence-electron chi connectivity index (χ0n) is 9.42. The highest BCUT2D eigenvalue weighted by Crippen LogP contribution is 2.18. The van der Waals surface area contributed by atoms with Crippen molar-refractivity contribution in [3.05, 3.63) is 54.0 Å². The van der Waals surface area contributed by atoms with E-state index in [0.717, 1.165) is 11.1 Å². The van der Waals surface area contributed by atoms with Gasteiger partial charge in [-0.05, 0) is 29.7 Å². The summed E-state index contributed by atoms with van der Waals surface area (Å²) in [7, 11) is 3.85. The summed E-state index contributed by atoms with van der Waals surface area (Å²) >= 11 is 0. The fourth-order valence-corrected chi connectivity index (χ4v) is 1.30. The summed E-state index contributed by atoms with van der Waals surface area (Å²) in [6, 6.07) is 5.21. The van der Waals surface area contributed by atoms with Gasteiger partial charge in [-0.1, -0.05) is 24.8 Å². The lowest BCUT2D eigenvalue weighted by molar-refractivity contribution is 0.566. The Bertz CT molecular complexity index is 392. The predicted octanol–water partition coefficient (Wildman–Crippen LogP) is 3.22. The highest BCUT2D eigenvalue weighted by Gasteiger charge is 2.02. The summed E-state index contributed by atoms with van der Waals surface area (Å²) in [5, 5.41) is 0. The molecule has 1 aromatic rings. The van der Waals surface area contributed by atoms with Crippen molar-refractivity contribution < 1.29 is 4.39 Å². The number of hydrogen-bond acceptors (Lipinski definition) is 1. The minimum Gasteiger partial charge on any atom is -0.383 e. The molecule has 1 nitrogen and oxygen atoms in total. The van der Waals surface area contributed by atoms with Gasteiger partial charge in [-0.2, -0.15) is 0 Å². The van der Waals surface area contributed by atoms with E-state index in [1.54, 1.807) is 19.1 Å². The Morgan fingerprint density at radius 2 is 2.07 bits per heavy atom. The third-order valence-corrected chi connectivity index (χ3v) is 2.12. The van der Waals surface area contributed by atoms with Crippen LogP contribution in [0.3, 0.4) is 0 Å². The smallest absolute Gasteiger partial charge is 0.126 e. The fourth-order valence-electron chi connectivity index (χ4n) is 1.30. The molecule has 0 aliphatic rings. The minimum atomic E-state index is -0.181. The Morgan fingerprint density at radius 3 is 2.53 bits per heavy atom. The maximum absolute atomic E-state index is 13.3. The maximum atomic E-state index is 13.3. The first-order valence-electron chi connectivity index (χ1n) is 4.82. The first-order valence-corrected chi connectivity index (χ1v) is 4.82. The van der Waals surface area contributed by atoms with Crippen molar-refractivity contribution in [1.82, 2.24) is 4.90 Å². The highest BCUT2D eigenvalue weighted by atomic mass is 19.1. The van der Waals surface area contributed by atoms with Crippen LogP contribution in [-0.2, 0) is 0 Å². The summed E-state index contributed by atoms with van der Waals surface area (Å²) in [6.45, 7) is 5.48. The third-order valence-electron chi connectivity index (χ3n) is 2.12. The normalized spacial score (nSPS) is 11.3. The molecular formula is C13H16FN. The molecule has 0 amide bonds. The Kier molecular flexibility index (Phi) is 3.67. The fraction of sp³-hybridized carbons (Fsp3) is 0.231. The van der Waals surface area contributed by atoms with Crippen molar-refractivity contribution in [2.75, 3.05) is 14.1 Å². The Hall–Kier alpha value is -1.57. The van der Waals surface area contributed by atoms with Gasteiger partial charge in [0.1, 0.15) is 5.82 Å². The second-order valence-corrected chi connectivity index (χ2v) is 3.72. The lowest BCUT2D eigenvalue weighted by Crippen LogP contribution is -2.02. The van der Waals surface area contributed by atoms with Crippen LogP contribution in [0.15, 0.2) is 37.1 Å². The molecule has 0 heterocycles. The van der Waals surface area contributed by atoms with Gasteiger partial charge in [0.25, 0.3) is 0 Å². The predicted molar refractivity (Wildman–Crippen MR) is 63.0 cm³/mol. The van der Waals surface area contributed by atoms with Crippen LogP contribution < -0.4 is 0 Å². The number of aryl methyl sites for hydroxylation is 1. The van der Waals surface area contributed by atoms with Crippen LogP contribution in [0.1, 0.15) is 11.1 Å². The van der Waals surface area contributed by atoms with Gasteiger partial charge < -0.3 is 4.90 Å². The van der Waals surface area contributed by atoms with Crippen LogP contribution in [0.2, 0.25) is 0 Å². The molecule has 2 heteroatoms. The molecule has 0 aromatic heterocycles. The van der Waals surface area contributed by atoms with Crippen LogP contribution in [0.25, 0.3) is 5.57 Å². The SMILES string of the molecule is C=C/C(=C\N(C)C)c1ccc(C)c(F)c1. The maximum Gasteiger partial charge on any atom is 0.126 e. The Balaban J connectivity index is 3.14. The van der Waals surface area contributed by atoms with Crippen LogP contribution >= 0.6 is 0 Å².